The number of carbonyl (C=O) groups is 1. The summed E-state index contributed by atoms with van der Waals surface area (Å²) in [5, 5.41) is 23.0. The second kappa shape index (κ2) is 7.99. The van der Waals surface area contributed by atoms with Crippen molar-refractivity contribution in [3.63, 3.8) is 0 Å². The summed E-state index contributed by atoms with van der Waals surface area (Å²) in [6.45, 7) is 0. The summed E-state index contributed by atoms with van der Waals surface area (Å²) in [5.41, 5.74) is 6.67. The van der Waals surface area contributed by atoms with Crippen LogP contribution < -0.4 is 9.88 Å². The Bertz CT molecular complexity index is 1420. The number of phenolic OH excluding ortho intramolecular Hbond substituents is 2. The number of aromatic nitrogens is 2. The van der Waals surface area contributed by atoms with Crippen LogP contribution in [0, 0.1) is 0 Å². The summed E-state index contributed by atoms with van der Waals surface area (Å²) in [6, 6.07) is 22.1. The summed E-state index contributed by atoms with van der Waals surface area (Å²) in [5.74, 6) is 1.23. The predicted molar refractivity (Wildman–Crippen MR) is 128 cm³/mol. The normalized spacial score (nSPS) is 15.9. The monoisotopic (exact) mass is 450 g/mol. The number of aryl methyl sites for hydroxylation is 1. The molecule has 0 radical (unpaired) electrons. The molecule has 6 nitrogen and oxygen atoms in total. The largest absolute Gasteiger partial charge is 0.508 e. The number of nitrogens with zero attached hydrogens (tertiary/aromatic N) is 2. The smallest absolute Gasteiger partial charge is 0.359 e. The number of anilines is 1. The van der Waals surface area contributed by atoms with Crippen LogP contribution in [0.3, 0.4) is 0 Å². The van der Waals surface area contributed by atoms with Crippen LogP contribution in [0.5, 0.6) is 11.5 Å². The lowest BCUT2D eigenvalue weighted by atomic mass is 9.91. The number of hydrogen-bond donors (Lipinski definition) is 3. The van der Waals surface area contributed by atoms with Gasteiger partial charge in [0, 0.05) is 24.8 Å². The van der Waals surface area contributed by atoms with E-state index in [0.29, 0.717) is 19.3 Å². The van der Waals surface area contributed by atoms with E-state index < -0.39 is 6.04 Å². The average molecular weight is 451 g/mol. The molecule has 168 valence electrons. The summed E-state index contributed by atoms with van der Waals surface area (Å²) >= 11 is 0. The van der Waals surface area contributed by atoms with Crippen LogP contribution in [0.15, 0.2) is 72.8 Å². The van der Waals surface area contributed by atoms with Crippen molar-refractivity contribution in [3.05, 3.63) is 101 Å². The first-order valence-electron chi connectivity index (χ1n) is 11.5. The van der Waals surface area contributed by atoms with Gasteiger partial charge in [-0.05, 0) is 53.4 Å². The van der Waals surface area contributed by atoms with Crippen LogP contribution in [-0.2, 0) is 25.7 Å². The van der Waals surface area contributed by atoms with Crippen molar-refractivity contribution in [2.75, 3.05) is 5.32 Å². The van der Waals surface area contributed by atoms with Gasteiger partial charge in [0.1, 0.15) is 28.6 Å². The van der Waals surface area contributed by atoms with Crippen molar-refractivity contribution in [3.8, 4) is 22.8 Å². The summed E-state index contributed by atoms with van der Waals surface area (Å²) in [4.78, 5) is 18.8. The molecule has 0 saturated carbocycles. The molecule has 1 atom stereocenters. The first-order valence-corrected chi connectivity index (χ1v) is 11.5. The third-order valence-electron chi connectivity index (χ3n) is 6.68. The van der Waals surface area contributed by atoms with Gasteiger partial charge >= 0.3 is 11.7 Å². The highest BCUT2D eigenvalue weighted by molar-refractivity contribution is 5.84. The van der Waals surface area contributed by atoms with E-state index in [0.717, 1.165) is 51.6 Å². The van der Waals surface area contributed by atoms with Crippen molar-refractivity contribution < 1.29 is 19.6 Å². The molecule has 34 heavy (non-hydrogen) atoms. The molecule has 2 aliphatic rings. The first-order chi connectivity index (χ1) is 16.6. The number of phenols is 2. The Balaban J connectivity index is 1.46. The molecule has 2 heterocycles. The maximum atomic E-state index is 13.7. The van der Waals surface area contributed by atoms with Crippen LogP contribution in [0.25, 0.3) is 11.3 Å². The average Bonchev–Trinajstić information content (AvgIpc) is 3.17. The third kappa shape index (κ3) is 3.48. The summed E-state index contributed by atoms with van der Waals surface area (Å²) in [7, 11) is 0. The fourth-order valence-corrected chi connectivity index (χ4v) is 5.03. The lowest BCUT2D eigenvalue weighted by Crippen LogP contribution is -2.48. The van der Waals surface area contributed by atoms with E-state index in [2.05, 4.69) is 17.4 Å². The molecule has 3 N–H and O–H groups in total. The predicted octanol–water partition coefficient (Wildman–Crippen LogP) is 3.81. The van der Waals surface area contributed by atoms with E-state index in [1.807, 2.05) is 41.0 Å². The van der Waals surface area contributed by atoms with Gasteiger partial charge in [0.2, 0.25) is 0 Å². The molecule has 0 saturated heterocycles. The second-order valence-electron chi connectivity index (χ2n) is 8.95. The maximum Gasteiger partial charge on any atom is 0.359 e. The van der Waals surface area contributed by atoms with Crippen LogP contribution in [0.2, 0.25) is 0 Å². The lowest BCUT2D eigenvalue weighted by molar-refractivity contribution is -0.561. The van der Waals surface area contributed by atoms with Gasteiger partial charge in [0.25, 0.3) is 0 Å². The van der Waals surface area contributed by atoms with Gasteiger partial charge in [-0.2, -0.15) is 4.57 Å². The van der Waals surface area contributed by atoms with Gasteiger partial charge in [-0.15, -0.1) is 0 Å². The Kier molecular flexibility index (Phi) is 4.80. The number of nitrogens with one attached hydrogen (secondary N) is 1. The molecule has 1 unspecified atom stereocenters. The van der Waals surface area contributed by atoms with E-state index in [9.17, 15) is 15.0 Å². The quantitative estimate of drug-likeness (QED) is 0.412. The molecule has 0 spiro atoms. The Morgan fingerprint density at radius 2 is 1.68 bits per heavy atom. The molecule has 0 amide bonds. The molecular weight excluding hydrogens is 426 g/mol. The van der Waals surface area contributed by atoms with Crippen LogP contribution >= 0.6 is 0 Å². The number of aromatic hydroxyl groups is 2. The van der Waals surface area contributed by atoms with Gasteiger partial charge in [-0.1, -0.05) is 42.5 Å². The Labute approximate surface area is 197 Å². The van der Waals surface area contributed by atoms with Gasteiger partial charge in [-0.25, -0.2) is 9.78 Å². The van der Waals surface area contributed by atoms with Crippen molar-refractivity contribution in [2.24, 2.45) is 0 Å². The highest BCUT2D eigenvalue weighted by atomic mass is 16.3. The van der Waals surface area contributed by atoms with Crippen molar-refractivity contribution in [1.29, 1.82) is 0 Å². The second-order valence-corrected chi connectivity index (χ2v) is 8.95. The fourth-order valence-electron chi connectivity index (χ4n) is 5.03. The minimum atomic E-state index is -0.409. The van der Waals surface area contributed by atoms with Crippen molar-refractivity contribution >= 4 is 11.7 Å². The molecule has 6 heteroatoms. The van der Waals surface area contributed by atoms with Gasteiger partial charge in [0.15, 0.2) is 6.04 Å². The Morgan fingerprint density at radius 1 is 0.912 bits per heavy atom. The van der Waals surface area contributed by atoms with E-state index in [4.69, 9.17) is 4.98 Å². The number of benzene rings is 3. The maximum absolute atomic E-state index is 13.7. The van der Waals surface area contributed by atoms with E-state index in [1.165, 1.54) is 0 Å². The minimum absolute atomic E-state index is 0.0123. The molecular formula is C28H24N3O3+. The molecule has 4 aromatic rings. The van der Waals surface area contributed by atoms with Crippen molar-refractivity contribution in [1.82, 2.24) is 4.98 Å². The zero-order valence-electron chi connectivity index (χ0n) is 18.5. The fraction of sp³-hybridized carbons (Fsp3) is 0.179. The van der Waals surface area contributed by atoms with Gasteiger partial charge in [0.05, 0.1) is 0 Å². The molecule has 1 aromatic heterocycles. The Hall–Kier alpha value is -4.19. The third-order valence-corrected chi connectivity index (χ3v) is 6.68. The van der Waals surface area contributed by atoms with Crippen LogP contribution in [0.4, 0.5) is 5.82 Å². The molecule has 1 aliphatic heterocycles. The summed E-state index contributed by atoms with van der Waals surface area (Å²) < 4.78 is 1.83. The zero-order chi connectivity index (χ0) is 23.2. The number of hydrogen-bond acceptors (Lipinski definition) is 5. The highest BCUT2D eigenvalue weighted by Gasteiger charge is 2.44. The number of rotatable bonds is 4. The Morgan fingerprint density at radius 3 is 2.47 bits per heavy atom. The molecule has 1 aliphatic carbocycles. The zero-order valence-corrected chi connectivity index (χ0v) is 18.5. The highest BCUT2D eigenvalue weighted by Crippen LogP contribution is 2.35. The SMILES string of the molecule is O=C1C(Cc2ccc(O)cc2)Nc2c(Cc3ccccc3)nc3c([n+]21)CCc1cc(O)ccc1-3. The van der Waals surface area contributed by atoms with Gasteiger partial charge in [-0.3, -0.25) is 5.32 Å². The molecule has 3 aromatic carbocycles. The van der Waals surface area contributed by atoms with E-state index >= 15 is 0 Å². The number of carbonyl (C=O) groups excluding carboxylic acids is 1. The topological polar surface area (TPSA) is 86.3 Å². The number of fused-ring (bicyclic) bond motifs is 5. The first kappa shape index (κ1) is 20.4. The standard InChI is InChI=1S/C28H23N3O3/c32-20-9-6-18(7-10-20)15-24-28(34)31-25-13-8-19-16-21(33)11-12-22(19)26(25)29-23(27(31)30-24)14-17-4-2-1-3-5-17/h1-7,9-12,16,24,32-33H,8,13-15H2/p+1. The molecule has 0 bridgehead atoms. The van der Waals surface area contributed by atoms with Crippen LogP contribution in [0.1, 0.15) is 32.9 Å². The van der Waals surface area contributed by atoms with E-state index in [-0.39, 0.29) is 17.4 Å². The van der Waals surface area contributed by atoms with Gasteiger partial charge < -0.3 is 10.2 Å². The van der Waals surface area contributed by atoms with E-state index in [1.54, 1.807) is 24.3 Å². The molecule has 6 rings (SSSR count). The minimum Gasteiger partial charge on any atom is -0.508 e. The summed E-state index contributed by atoms with van der Waals surface area (Å²) in [6.07, 6.45) is 2.54. The van der Waals surface area contributed by atoms with Crippen molar-refractivity contribution in [2.45, 2.75) is 31.7 Å². The van der Waals surface area contributed by atoms with Crippen LogP contribution in [-0.4, -0.2) is 27.1 Å². The lowest BCUT2D eigenvalue weighted by Gasteiger charge is -2.20. The molecule has 0 fully saturated rings.